The quantitative estimate of drug-likeness (QED) is 0.563. The molecule has 0 saturated heterocycles. The first-order chi connectivity index (χ1) is 14.1. The van der Waals surface area contributed by atoms with Crippen molar-refractivity contribution in [1.82, 2.24) is 9.78 Å². The molecular formula is C21H17F3N2O3S. The number of sulfone groups is 1. The van der Waals surface area contributed by atoms with Crippen molar-refractivity contribution in [2.45, 2.75) is 17.6 Å². The van der Waals surface area contributed by atoms with Gasteiger partial charge in [-0.25, -0.2) is 13.1 Å². The molecule has 9 heteroatoms. The highest BCUT2D eigenvalue weighted by atomic mass is 32.2. The summed E-state index contributed by atoms with van der Waals surface area (Å²) in [6.45, 7) is -0.376. The van der Waals surface area contributed by atoms with Crippen LogP contribution in [0, 0.1) is 12.3 Å². The Hall–Kier alpha value is -3.25. The molecule has 0 N–H and O–H groups in total. The second-order valence-electron chi connectivity index (χ2n) is 6.46. The smallest absolute Gasteiger partial charge is 0.433 e. The fourth-order valence-corrected chi connectivity index (χ4v) is 3.67. The van der Waals surface area contributed by atoms with Gasteiger partial charge in [0, 0.05) is 17.4 Å². The Labute approximate surface area is 172 Å². The number of aromatic nitrogens is 2. The highest BCUT2D eigenvalue weighted by Gasteiger charge is 2.40. The zero-order valence-corrected chi connectivity index (χ0v) is 16.9. The van der Waals surface area contributed by atoms with E-state index in [1.165, 1.54) is 43.5 Å². The van der Waals surface area contributed by atoms with Gasteiger partial charge in [-0.05, 0) is 29.8 Å². The van der Waals surface area contributed by atoms with Gasteiger partial charge >= 0.3 is 6.18 Å². The zero-order chi connectivity index (χ0) is 22.1. The van der Waals surface area contributed by atoms with Crippen molar-refractivity contribution in [3.05, 3.63) is 54.2 Å². The molecule has 2 aromatic carbocycles. The third-order valence-corrected chi connectivity index (χ3v) is 5.53. The third kappa shape index (κ3) is 4.19. The molecule has 5 nitrogen and oxygen atoms in total. The summed E-state index contributed by atoms with van der Waals surface area (Å²) in [6, 6.07) is 11.6. The average molecular weight is 434 g/mol. The maximum atomic E-state index is 14.0. The summed E-state index contributed by atoms with van der Waals surface area (Å²) in [5.41, 5.74) is -0.480. The molecule has 0 bridgehead atoms. The van der Waals surface area contributed by atoms with Crippen molar-refractivity contribution in [3.63, 3.8) is 0 Å². The summed E-state index contributed by atoms with van der Waals surface area (Å²) in [5, 5.41) is 4.12. The van der Waals surface area contributed by atoms with Gasteiger partial charge in [0.05, 0.1) is 12.0 Å². The van der Waals surface area contributed by atoms with Gasteiger partial charge in [0.2, 0.25) is 0 Å². The van der Waals surface area contributed by atoms with Gasteiger partial charge in [-0.1, -0.05) is 30.2 Å². The van der Waals surface area contributed by atoms with Gasteiger partial charge in [-0.3, -0.25) is 0 Å². The van der Waals surface area contributed by atoms with Crippen LogP contribution in [0.25, 0.3) is 22.4 Å². The minimum Gasteiger partial charge on any atom is -0.497 e. The molecular weight excluding hydrogens is 417 g/mol. The average Bonchev–Trinajstić information content (AvgIpc) is 3.07. The number of hydrogen-bond donors (Lipinski definition) is 0. The molecule has 0 saturated carbocycles. The summed E-state index contributed by atoms with van der Waals surface area (Å²) in [7, 11) is -2.00. The fraction of sp³-hybridized carbons (Fsp3) is 0.190. The van der Waals surface area contributed by atoms with Crippen LogP contribution in [0.3, 0.4) is 0 Å². The zero-order valence-electron chi connectivity index (χ0n) is 16.1. The van der Waals surface area contributed by atoms with Crippen LogP contribution in [0.15, 0.2) is 53.4 Å². The summed E-state index contributed by atoms with van der Waals surface area (Å²) >= 11 is 0. The number of ether oxygens (including phenoxy) is 1. The minimum absolute atomic E-state index is 0.0443. The molecule has 0 spiro atoms. The lowest BCUT2D eigenvalue weighted by molar-refractivity contribution is -0.143. The van der Waals surface area contributed by atoms with E-state index in [9.17, 15) is 21.6 Å². The molecule has 3 aromatic rings. The van der Waals surface area contributed by atoms with Crippen LogP contribution in [-0.4, -0.2) is 31.6 Å². The first kappa shape index (κ1) is 21.5. The third-order valence-electron chi connectivity index (χ3n) is 4.40. The molecule has 0 fully saturated rings. The monoisotopic (exact) mass is 434 g/mol. The fourth-order valence-electron chi connectivity index (χ4n) is 3.04. The van der Waals surface area contributed by atoms with E-state index in [4.69, 9.17) is 11.2 Å². The van der Waals surface area contributed by atoms with E-state index in [0.717, 1.165) is 10.9 Å². The lowest BCUT2D eigenvalue weighted by Crippen LogP contribution is -2.15. The second kappa shape index (κ2) is 7.88. The van der Waals surface area contributed by atoms with Crippen molar-refractivity contribution in [2.24, 2.45) is 0 Å². The predicted molar refractivity (Wildman–Crippen MR) is 107 cm³/mol. The van der Waals surface area contributed by atoms with Crippen LogP contribution in [0.2, 0.25) is 0 Å². The first-order valence-electron chi connectivity index (χ1n) is 8.62. The SMILES string of the molecule is C#CCn1nc(-c2ccc(S(C)(=O)=O)cc2)c(-c2ccc(OC)cc2)c1C(F)(F)F. The van der Waals surface area contributed by atoms with E-state index in [1.807, 2.05) is 0 Å². The molecule has 0 amide bonds. The normalized spacial score (nSPS) is 11.9. The van der Waals surface area contributed by atoms with Gasteiger partial charge < -0.3 is 4.74 Å². The topological polar surface area (TPSA) is 61.2 Å². The Morgan fingerprint density at radius 2 is 1.63 bits per heavy atom. The first-order valence-corrected chi connectivity index (χ1v) is 10.5. The predicted octanol–water partition coefficient (Wildman–Crippen LogP) is 4.28. The van der Waals surface area contributed by atoms with Crippen molar-refractivity contribution in [1.29, 1.82) is 0 Å². The van der Waals surface area contributed by atoms with Crippen LogP contribution < -0.4 is 4.74 Å². The van der Waals surface area contributed by atoms with Crippen molar-refractivity contribution >= 4 is 9.84 Å². The van der Waals surface area contributed by atoms with Crippen LogP contribution in [0.5, 0.6) is 5.75 Å². The number of benzene rings is 2. The number of alkyl halides is 3. The van der Waals surface area contributed by atoms with Crippen LogP contribution in [0.4, 0.5) is 13.2 Å². The standard InChI is InChI=1S/C21H17F3N2O3S/c1-4-13-26-20(21(22,23)24)18(14-5-9-16(29-2)10-6-14)19(25-26)15-7-11-17(12-8-15)30(3,27)28/h1,5-12H,13H2,2-3H3. The molecule has 0 unspecified atom stereocenters. The van der Waals surface area contributed by atoms with E-state index in [1.54, 1.807) is 12.1 Å². The number of rotatable bonds is 5. The summed E-state index contributed by atoms with van der Waals surface area (Å²) in [6.07, 6.45) is 1.59. The maximum absolute atomic E-state index is 14.0. The Morgan fingerprint density at radius 3 is 2.10 bits per heavy atom. The van der Waals surface area contributed by atoms with Crippen molar-refractivity contribution < 1.29 is 26.3 Å². The van der Waals surface area contributed by atoms with E-state index in [0.29, 0.717) is 11.3 Å². The van der Waals surface area contributed by atoms with Gasteiger partial charge in [-0.2, -0.15) is 18.3 Å². The number of hydrogen-bond acceptors (Lipinski definition) is 4. The summed E-state index contributed by atoms with van der Waals surface area (Å²) in [5.74, 6) is 2.68. The molecule has 0 radical (unpaired) electrons. The number of methoxy groups -OCH3 is 1. The number of halogens is 3. The van der Waals surface area contributed by atoms with Gasteiger partial charge in [0.25, 0.3) is 0 Å². The van der Waals surface area contributed by atoms with Gasteiger partial charge in [0.15, 0.2) is 15.5 Å². The highest BCUT2D eigenvalue weighted by Crippen LogP contribution is 2.43. The van der Waals surface area contributed by atoms with Gasteiger partial charge in [0.1, 0.15) is 18.0 Å². The van der Waals surface area contributed by atoms with Crippen molar-refractivity contribution in [3.8, 4) is 40.5 Å². The Bertz CT molecular complexity index is 1200. The Balaban J connectivity index is 2.30. The second-order valence-corrected chi connectivity index (χ2v) is 8.47. The molecule has 0 aliphatic rings. The summed E-state index contributed by atoms with van der Waals surface area (Å²) < 4.78 is 71.2. The largest absolute Gasteiger partial charge is 0.497 e. The lowest BCUT2D eigenvalue weighted by atomic mass is 9.98. The molecule has 3 rings (SSSR count). The Kier molecular flexibility index (Phi) is 5.63. The summed E-state index contributed by atoms with van der Waals surface area (Å²) in [4.78, 5) is 0.0522. The van der Waals surface area contributed by atoms with Crippen LogP contribution in [0.1, 0.15) is 5.69 Å². The maximum Gasteiger partial charge on any atom is 0.433 e. The number of terminal acetylenes is 1. The van der Waals surface area contributed by atoms with Crippen LogP contribution in [-0.2, 0) is 22.6 Å². The molecule has 1 heterocycles. The van der Waals surface area contributed by atoms with Crippen LogP contribution >= 0.6 is 0 Å². The molecule has 156 valence electrons. The van der Waals surface area contributed by atoms with Gasteiger partial charge in [-0.15, -0.1) is 6.42 Å². The van der Waals surface area contributed by atoms with E-state index in [-0.39, 0.29) is 28.3 Å². The molecule has 1 aromatic heterocycles. The molecule has 0 atom stereocenters. The van der Waals surface area contributed by atoms with E-state index in [2.05, 4.69) is 11.0 Å². The minimum atomic E-state index is -4.72. The highest BCUT2D eigenvalue weighted by molar-refractivity contribution is 7.90. The molecule has 30 heavy (non-hydrogen) atoms. The lowest BCUT2D eigenvalue weighted by Gasteiger charge is -2.12. The Morgan fingerprint density at radius 1 is 1.07 bits per heavy atom. The van der Waals surface area contributed by atoms with E-state index >= 15 is 0 Å². The molecule has 0 aliphatic heterocycles. The van der Waals surface area contributed by atoms with Crippen molar-refractivity contribution in [2.75, 3.05) is 13.4 Å². The number of nitrogens with zero attached hydrogens (tertiary/aromatic N) is 2. The molecule has 0 aliphatic carbocycles. The van der Waals surface area contributed by atoms with E-state index < -0.39 is 21.7 Å².